The van der Waals surface area contributed by atoms with Crippen molar-refractivity contribution in [2.45, 2.75) is 20.3 Å². The molecule has 0 spiro atoms. The highest BCUT2D eigenvalue weighted by Crippen LogP contribution is 2.19. The topological polar surface area (TPSA) is 63.1 Å². The van der Waals surface area contributed by atoms with Crippen molar-refractivity contribution in [3.05, 3.63) is 47.3 Å². The summed E-state index contributed by atoms with van der Waals surface area (Å²) in [5, 5.41) is 9.16. The zero-order chi connectivity index (χ0) is 13.1. The van der Waals surface area contributed by atoms with Crippen LogP contribution in [0.5, 0.6) is 0 Å². The summed E-state index contributed by atoms with van der Waals surface area (Å²) in [7, 11) is 0. The van der Waals surface area contributed by atoms with Gasteiger partial charge in [-0.05, 0) is 13.3 Å². The van der Waals surface area contributed by atoms with E-state index in [4.69, 9.17) is 5.11 Å². The molecule has 92 valence electrons. The molecule has 2 aromatic rings. The normalized spacial score (nSPS) is 10.3. The quantitative estimate of drug-likeness (QED) is 0.898. The maximum absolute atomic E-state index is 11.2. The number of hydrogen-bond donors (Lipinski definition) is 1. The van der Waals surface area contributed by atoms with Crippen molar-refractivity contribution in [3.8, 4) is 11.4 Å². The van der Waals surface area contributed by atoms with E-state index in [0.29, 0.717) is 23.6 Å². The molecule has 0 unspecified atom stereocenters. The highest BCUT2D eigenvalue weighted by molar-refractivity contribution is 5.90. The smallest absolute Gasteiger partial charge is 0.339 e. The van der Waals surface area contributed by atoms with E-state index in [1.54, 1.807) is 6.92 Å². The molecule has 0 aliphatic heterocycles. The second kappa shape index (κ2) is 4.96. The first-order valence-electron chi connectivity index (χ1n) is 5.79. The first-order valence-corrected chi connectivity index (χ1v) is 5.79. The van der Waals surface area contributed by atoms with Gasteiger partial charge in [0.25, 0.3) is 0 Å². The van der Waals surface area contributed by atoms with E-state index in [2.05, 4.69) is 9.97 Å². The van der Waals surface area contributed by atoms with Crippen LogP contribution < -0.4 is 0 Å². The van der Waals surface area contributed by atoms with E-state index in [9.17, 15) is 4.79 Å². The second-order valence-corrected chi connectivity index (χ2v) is 3.98. The van der Waals surface area contributed by atoms with Gasteiger partial charge in [0.1, 0.15) is 5.56 Å². The number of rotatable bonds is 3. The summed E-state index contributed by atoms with van der Waals surface area (Å²) in [6.07, 6.45) is 0.574. The van der Waals surface area contributed by atoms with Crippen LogP contribution in [0.25, 0.3) is 11.4 Å². The van der Waals surface area contributed by atoms with Crippen molar-refractivity contribution < 1.29 is 9.90 Å². The number of nitrogens with zero attached hydrogens (tertiary/aromatic N) is 2. The molecule has 1 aromatic heterocycles. The van der Waals surface area contributed by atoms with Crippen LogP contribution in [0.15, 0.2) is 30.3 Å². The Labute approximate surface area is 105 Å². The number of hydrogen-bond acceptors (Lipinski definition) is 3. The lowest BCUT2D eigenvalue weighted by Crippen LogP contribution is -2.10. The summed E-state index contributed by atoms with van der Waals surface area (Å²) in [6.45, 7) is 3.60. The molecule has 0 aliphatic rings. The molecular formula is C14H14N2O2. The third kappa shape index (κ3) is 2.22. The van der Waals surface area contributed by atoms with Crippen LogP contribution in [0.4, 0.5) is 0 Å². The lowest BCUT2D eigenvalue weighted by Gasteiger charge is -2.09. The molecule has 0 atom stereocenters. The number of carbonyl (C=O) groups is 1. The molecule has 1 aromatic carbocycles. The Morgan fingerprint density at radius 3 is 2.44 bits per heavy atom. The molecule has 1 heterocycles. The Balaban J connectivity index is 2.60. The van der Waals surface area contributed by atoms with E-state index >= 15 is 0 Å². The number of aromatic carboxylic acids is 1. The zero-order valence-corrected chi connectivity index (χ0v) is 10.3. The molecule has 0 aliphatic carbocycles. The van der Waals surface area contributed by atoms with Gasteiger partial charge in [-0.3, -0.25) is 0 Å². The highest BCUT2D eigenvalue weighted by atomic mass is 16.4. The first-order chi connectivity index (χ1) is 8.63. The number of carboxylic acids is 1. The van der Waals surface area contributed by atoms with E-state index in [-0.39, 0.29) is 5.56 Å². The van der Waals surface area contributed by atoms with Crippen molar-refractivity contribution in [2.75, 3.05) is 0 Å². The number of aryl methyl sites for hydroxylation is 2. The van der Waals surface area contributed by atoms with Crippen LogP contribution in [0.2, 0.25) is 0 Å². The minimum atomic E-state index is -0.969. The van der Waals surface area contributed by atoms with Gasteiger partial charge in [-0.1, -0.05) is 37.3 Å². The molecule has 0 bridgehead atoms. The summed E-state index contributed by atoms with van der Waals surface area (Å²) in [5.74, 6) is -0.390. The third-order valence-electron chi connectivity index (χ3n) is 2.75. The van der Waals surface area contributed by atoms with Crippen LogP contribution in [-0.2, 0) is 6.42 Å². The number of aromatic nitrogens is 2. The largest absolute Gasteiger partial charge is 0.478 e. The van der Waals surface area contributed by atoms with Crippen LogP contribution in [0.3, 0.4) is 0 Å². The van der Waals surface area contributed by atoms with E-state index in [0.717, 1.165) is 5.56 Å². The highest BCUT2D eigenvalue weighted by Gasteiger charge is 2.16. The van der Waals surface area contributed by atoms with Gasteiger partial charge in [0, 0.05) is 5.56 Å². The minimum absolute atomic E-state index is 0.220. The summed E-state index contributed by atoms with van der Waals surface area (Å²) in [4.78, 5) is 19.8. The molecule has 1 N–H and O–H groups in total. The van der Waals surface area contributed by atoms with Crippen molar-refractivity contribution in [1.82, 2.24) is 9.97 Å². The van der Waals surface area contributed by atoms with Crippen LogP contribution in [0.1, 0.15) is 28.7 Å². The van der Waals surface area contributed by atoms with E-state index in [1.165, 1.54) is 0 Å². The second-order valence-electron chi connectivity index (χ2n) is 3.98. The fourth-order valence-corrected chi connectivity index (χ4v) is 1.88. The number of benzene rings is 1. The van der Waals surface area contributed by atoms with Crippen molar-refractivity contribution in [3.63, 3.8) is 0 Å². The number of carboxylic acid groups (broad SMARTS) is 1. The van der Waals surface area contributed by atoms with Gasteiger partial charge in [0.05, 0.1) is 11.4 Å². The van der Waals surface area contributed by atoms with Crippen LogP contribution >= 0.6 is 0 Å². The van der Waals surface area contributed by atoms with Gasteiger partial charge in [0.2, 0.25) is 0 Å². The van der Waals surface area contributed by atoms with Gasteiger partial charge in [-0.25, -0.2) is 14.8 Å². The lowest BCUT2D eigenvalue weighted by atomic mass is 10.1. The Morgan fingerprint density at radius 2 is 1.89 bits per heavy atom. The Bertz CT molecular complexity index is 580. The fourth-order valence-electron chi connectivity index (χ4n) is 1.88. The third-order valence-corrected chi connectivity index (χ3v) is 2.75. The van der Waals surface area contributed by atoms with Gasteiger partial charge >= 0.3 is 5.97 Å². The molecule has 0 saturated heterocycles. The minimum Gasteiger partial charge on any atom is -0.478 e. The maximum Gasteiger partial charge on any atom is 0.339 e. The average Bonchev–Trinajstić information content (AvgIpc) is 2.38. The maximum atomic E-state index is 11.2. The van der Waals surface area contributed by atoms with Crippen molar-refractivity contribution in [2.24, 2.45) is 0 Å². The summed E-state index contributed by atoms with van der Waals surface area (Å²) in [6, 6.07) is 9.56. The van der Waals surface area contributed by atoms with E-state index < -0.39 is 5.97 Å². The molecule has 0 amide bonds. The van der Waals surface area contributed by atoms with Crippen LogP contribution in [0, 0.1) is 6.92 Å². The van der Waals surface area contributed by atoms with Gasteiger partial charge in [0.15, 0.2) is 5.82 Å². The molecule has 4 heteroatoms. The Morgan fingerprint density at radius 1 is 1.22 bits per heavy atom. The van der Waals surface area contributed by atoms with E-state index in [1.807, 2.05) is 37.3 Å². The van der Waals surface area contributed by atoms with Gasteiger partial charge in [-0.15, -0.1) is 0 Å². The molecule has 4 nitrogen and oxygen atoms in total. The Hall–Kier alpha value is -2.23. The lowest BCUT2D eigenvalue weighted by molar-refractivity contribution is 0.0694. The average molecular weight is 242 g/mol. The van der Waals surface area contributed by atoms with Gasteiger partial charge in [-0.2, -0.15) is 0 Å². The summed E-state index contributed by atoms with van der Waals surface area (Å²) < 4.78 is 0. The molecule has 2 rings (SSSR count). The molecule has 0 fully saturated rings. The van der Waals surface area contributed by atoms with Crippen molar-refractivity contribution >= 4 is 5.97 Å². The first kappa shape index (κ1) is 12.2. The zero-order valence-electron chi connectivity index (χ0n) is 10.3. The van der Waals surface area contributed by atoms with Crippen molar-refractivity contribution in [1.29, 1.82) is 0 Å². The summed E-state index contributed by atoms with van der Waals surface area (Å²) in [5.41, 5.74) is 2.20. The molecule has 18 heavy (non-hydrogen) atoms. The standard InChI is InChI=1S/C14H14N2O2/c1-3-11-12(14(17)18)9(2)15-13(16-11)10-7-5-4-6-8-10/h4-8H,3H2,1-2H3,(H,17,18). The fraction of sp³-hybridized carbons (Fsp3) is 0.214. The molecule has 0 radical (unpaired) electrons. The monoisotopic (exact) mass is 242 g/mol. The summed E-state index contributed by atoms with van der Waals surface area (Å²) >= 11 is 0. The predicted octanol–water partition coefficient (Wildman–Crippen LogP) is 2.71. The Kier molecular flexibility index (Phi) is 3.37. The molecule has 0 saturated carbocycles. The predicted molar refractivity (Wildman–Crippen MR) is 68.5 cm³/mol. The molecular weight excluding hydrogens is 228 g/mol. The SMILES string of the molecule is CCc1nc(-c2ccccc2)nc(C)c1C(=O)O. The van der Waals surface area contributed by atoms with Gasteiger partial charge < -0.3 is 5.11 Å². The van der Waals surface area contributed by atoms with Crippen LogP contribution in [-0.4, -0.2) is 21.0 Å².